The third kappa shape index (κ3) is 5.62. The highest BCUT2D eigenvalue weighted by Gasteiger charge is 2.17. The van der Waals surface area contributed by atoms with E-state index in [0.717, 1.165) is 30.8 Å². The first-order valence-electron chi connectivity index (χ1n) is 9.71. The molecule has 1 aliphatic rings. The van der Waals surface area contributed by atoms with Gasteiger partial charge in [-0.3, -0.25) is 0 Å². The van der Waals surface area contributed by atoms with Gasteiger partial charge in [0.1, 0.15) is 11.0 Å². The maximum Gasteiger partial charge on any atom is 0.154 e. The Hall–Kier alpha value is -2.30. The zero-order chi connectivity index (χ0) is 20.6. The Balaban J connectivity index is 1.72. The predicted molar refractivity (Wildman–Crippen MR) is 118 cm³/mol. The summed E-state index contributed by atoms with van der Waals surface area (Å²) in [5.74, 6) is 5.39. The second-order valence-electron chi connectivity index (χ2n) is 7.02. The van der Waals surface area contributed by atoms with Crippen LogP contribution in [0.3, 0.4) is 0 Å². The van der Waals surface area contributed by atoms with Gasteiger partial charge in [0.05, 0.1) is 4.90 Å². The lowest BCUT2D eigenvalue weighted by molar-refractivity contribution is 0.335. The first-order valence-corrected chi connectivity index (χ1v) is 10.9. The standard InChI is InChI=1S/C20H29N7OS/c21-20(25-26-22)19-17(4-3-5-18(19)29(23)28)16-8-6-15(7-9-16)14-24-10-13-27-11-1-2-12-27/h3-9,24,26H,1-2,10-14,22-23H2,(H2,21,25). The molecule has 1 aliphatic heterocycles. The van der Waals surface area contributed by atoms with E-state index < -0.39 is 11.0 Å². The van der Waals surface area contributed by atoms with E-state index in [2.05, 4.69) is 33.0 Å². The van der Waals surface area contributed by atoms with Crippen LogP contribution >= 0.6 is 0 Å². The van der Waals surface area contributed by atoms with Gasteiger partial charge in [-0.25, -0.2) is 20.7 Å². The van der Waals surface area contributed by atoms with E-state index in [1.807, 2.05) is 18.2 Å². The molecule has 0 aliphatic carbocycles. The maximum absolute atomic E-state index is 12.0. The second kappa shape index (κ2) is 10.5. The largest absolute Gasteiger partial charge is 0.382 e. The molecule has 0 amide bonds. The van der Waals surface area contributed by atoms with Crippen molar-refractivity contribution >= 4 is 16.8 Å². The number of hydrogen-bond donors (Lipinski definition) is 5. The lowest BCUT2D eigenvalue weighted by Crippen LogP contribution is -2.29. The molecule has 1 fully saturated rings. The fourth-order valence-electron chi connectivity index (χ4n) is 3.61. The molecule has 8 nitrogen and oxygen atoms in total. The van der Waals surface area contributed by atoms with Crippen LogP contribution in [0.25, 0.3) is 11.1 Å². The van der Waals surface area contributed by atoms with E-state index in [9.17, 15) is 4.21 Å². The summed E-state index contributed by atoms with van der Waals surface area (Å²) in [4.78, 5) is 2.90. The predicted octanol–water partition coefficient (Wildman–Crippen LogP) is 0.604. The Morgan fingerprint density at radius 1 is 1.14 bits per heavy atom. The van der Waals surface area contributed by atoms with Gasteiger partial charge in [-0.2, -0.15) is 0 Å². The Labute approximate surface area is 174 Å². The van der Waals surface area contributed by atoms with Gasteiger partial charge in [0.2, 0.25) is 0 Å². The molecular formula is C20H29N7OS. The minimum absolute atomic E-state index is 0.129. The Kier molecular flexibility index (Phi) is 7.73. The number of nitrogens with two attached hydrogens (primary N) is 3. The topological polar surface area (TPSA) is 135 Å². The highest BCUT2D eigenvalue weighted by atomic mass is 32.2. The van der Waals surface area contributed by atoms with Gasteiger partial charge in [-0.05, 0) is 48.7 Å². The number of benzene rings is 2. The monoisotopic (exact) mass is 415 g/mol. The minimum Gasteiger partial charge on any atom is -0.382 e. The molecule has 2 aromatic carbocycles. The summed E-state index contributed by atoms with van der Waals surface area (Å²) in [5, 5.41) is 13.0. The van der Waals surface area contributed by atoms with Crippen LogP contribution in [0.2, 0.25) is 0 Å². The van der Waals surface area contributed by atoms with Crippen LogP contribution in [0.5, 0.6) is 0 Å². The van der Waals surface area contributed by atoms with Gasteiger partial charge < -0.3 is 16.0 Å². The molecule has 0 bridgehead atoms. The molecule has 1 atom stereocenters. The molecule has 0 aromatic heterocycles. The molecule has 8 N–H and O–H groups in total. The number of nitrogens with one attached hydrogen (secondary N) is 2. The maximum atomic E-state index is 12.0. The summed E-state index contributed by atoms with van der Waals surface area (Å²) in [6.07, 6.45) is 2.64. The van der Waals surface area contributed by atoms with Gasteiger partial charge in [-0.1, -0.05) is 36.4 Å². The molecule has 1 heterocycles. The van der Waals surface area contributed by atoms with Gasteiger partial charge in [0, 0.05) is 25.2 Å². The van der Waals surface area contributed by atoms with Gasteiger partial charge in [0.15, 0.2) is 5.84 Å². The number of hydrazone groups is 1. The zero-order valence-corrected chi connectivity index (χ0v) is 17.3. The molecule has 1 saturated heterocycles. The van der Waals surface area contributed by atoms with Crippen molar-refractivity contribution in [2.75, 3.05) is 26.2 Å². The van der Waals surface area contributed by atoms with Gasteiger partial charge >= 0.3 is 0 Å². The van der Waals surface area contributed by atoms with Gasteiger partial charge in [-0.15, -0.1) is 5.10 Å². The van der Waals surface area contributed by atoms with Crippen molar-refractivity contribution < 1.29 is 4.21 Å². The highest BCUT2D eigenvalue weighted by molar-refractivity contribution is 7.82. The van der Waals surface area contributed by atoms with Gasteiger partial charge in [0.25, 0.3) is 0 Å². The average Bonchev–Trinajstić information content (AvgIpc) is 3.25. The summed E-state index contributed by atoms with van der Waals surface area (Å²) in [6.45, 7) is 5.33. The fourth-order valence-corrected chi connectivity index (χ4v) is 4.24. The lowest BCUT2D eigenvalue weighted by atomic mass is 9.98. The molecule has 3 rings (SSSR count). The molecule has 0 spiro atoms. The molecule has 9 heteroatoms. The number of hydrazine groups is 1. The molecule has 1 unspecified atom stereocenters. The quantitative estimate of drug-likeness (QED) is 0.134. The van der Waals surface area contributed by atoms with Crippen LogP contribution in [0.4, 0.5) is 0 Å². The normalized spacial score (nSPS) is 16.1. The summed E-state index contributed by atoms with van der Waals surface area (Å²) < 4.78 is 12.0. The summed E-state index contributed by atoms with van der Waals surface area (Å²) in [5.41, 5.74) is 11.7. The van der Waals surface area contributed by atoms with Crippen molar-refractivity contribution in [1.82, 2.24) is 15.8 Å². The number of nitrogens with zero attached hydrogens (tertiary/aromatic N) is 2. The first kappa shape index (κ1) is 21.4. The second-order valence-corrected chi connectivity index (χ2v) is 8.06. The van der Waals surface area contributed by atoms with Crippen LogP contribution in [-0.2, 0) is 17.5 Å². The van der Waals surface area contributed by atoms with Crippen molar-refractivity contribution in [3.8, 4) is 11.1 Å². The summed E-state index contributed by atoms with van der Waals surface area (Å²) >= 11 is 0. The zero-order valence-electron chi connectivity index (χ0n) is 16.4. The molecule has 2 aromatic rings. The number of amidine groups is 1. The Morgan fingerprint density at radius 2 is 1.86 bits per heavy atom. The minimum atomic E-state index is -1.70. The van der Waals surface area contributed by atoms with Crippen LogP contribution in [0.15, 0.2) is 52.5 Å². The number of hydrogen-bond acceptors (Lipinski definition) is 6. The Morgan fingerprint density at radius 3 is 2.52 bits per heavy atom. The Bertz CT molecular complexity index is 864. The van der Waals surface area contributed by atoms with E-state index in [0.29, 0.717) is 10.5 Å². The molecule has 0 radical (unpaired) electrons. The van der Waals surface area contributed by atoms with Crippen molar-refractivity contribution in [1.29, 1.82) is 0 Å². The smallest absolute Gasteiger partial charge is 0.154 e. The number of rotatable bonds is 9. The third-order valence-corrected chi connectivity index (χ3v) is 5.86. The summed E-state index contributed by atoms with van der Waals surface area (Å²) in [6, 6.07) is 13.5. The van der Waals surface area contributed by atoms with Crippen molar-refractivity contribution in [2.24, 2.45) is 21.8 Å². The van der Waals surface area contributed by atoms with Crippen LogP contribution in [0, 0.1) is 0 Å². The van der Waals surface area contributed by atoms with E-state index in [1.165, 1.54) is 31.5 Å². The summed E-state index contributed by atoms with van der Waals surface area (Å²) in [7, 11) is -1.70. The lowest BCUT2D eigenvalue weighted by Gasteiger charge is -2.15. The fraction of sp³-hybridized carbons (Fsp3) is 0.350. The van der Waals surface area contributed by atoms with Crippen LogP contribution in [-0.4, -0.2) is 41.1 Å². The van der Waals surface area contributed by atoms with E-state index in [-0.39, 0.29) is 5.84 Å². The van der Waals surface area contributed by atoms with Crippen LogP contribution in [0.1, 0.15) is 24.0 Å². The molecule has 29 heavy (non-hydrogen) atoms. The van der Waals surface area contributed by atoms with E-state index >= 15 is 0 Å². The third-order valence-electron chi connectivity index (χ3n) is 5.08. The molecular weight excluding hydrogens is 386 g/mol. The van der Waals surface area contributed by atoms with E-state index in [4.69, 9.17) is 16.7 Å². The number of likely N-dealkylation sites (tertiary alicyclic amines) is 1. The first-order chi connectivity index (χ1) is 14.1. The van der Waals surface area contributed by atoms with E-state index in [1.54, 1.807) is 12.1 Å². The molecule has 156 valence electrons. The van der Waals surface area contributed by atoms with Crippen LogP contribution < -0.4 is 27.6 Å². The highest BCUT2D eigenvalue weighted by Crippen LogP contribution is 2.28. The SMILES string of the molecule is NN/N=C(\N)c1c(-c2ccc(CNCCN3CCCC3)cc2)cccc1S(N)=O. The van der Waals surface area contributed by atoms with Crippen molar-refractivity contribution in [3.05, 3.63) is 53.6 Å². The van der Waals surface area contributed by atoms with Crippen molar-refractivity contribution in [2.45, 2.75) is 24.3 Å². The molecule has 0 saturated carbocycles. The average molecular weight is 416 g/mol. The van der Waals surface area contributed by atoms with Crippen molar-refractivity contribution in [3.63, 3.8) is 0 Å².